The number of carbonyl (C=O) groups excluding carboxylic acids is 1. The van der Waals surface area contributed by atoms with Crippen molar-refractivity contribution < 1.29 is 17.9 Å². The van der Waals surface area contributed by atoms with Gasteiger partial charge in [0.25, 0.3) is 0 Å². The molecule has 0 fully saturated rings. The van der Waals surface area contributed by atoms with Crippen molar-refractivity contribution in [3.05, 3.63) is 29.8 Å². The highest BCUT2D eigenvalue weighted by atomic mass is 35.5. The number of rotatable bonds is 7. The molecule has 0 radical (unpaired) electrons. The summed E-state index contributed by atoms with van der Waals surface area (Å²) in [6.07, 6.45) is 0. The van der Waals surface area contributed by atoms with E-state index >= 15 is 0 Å². The van der Waals surface area contributed by atoms with E-state index in [2.05, 4.69) is 0 Å². The van der Waals surface area contributed by atoms with Crippen LogP contribution in [0.4, 0.5) is 0 Å². The number of carbonyl (C=O) groups is 1. The monoisotopic (exact) mass is 364 g/mol. The Morgan fingerprint density at radius 1 is 1.26 bits per heavy atom. The van der Waals surface area contributed by atoms with Crippen LogP contribution in [0.5, 0.6) is 0 Å². The molecule has 1 rings (SSSR count). The minimum atomic E-state index is -3.61. The van der Waals surface area contributed by atoms with Crippen molar-refractivity contribution in [3.8, 4) is 0 Å². The second kappa shape index (κ2) is 8.63. The summed E-state index contributed by atoms with van der Waals surface area (Å²) in [7, 11) is -2.09. The molecule has 0 saturated heterocycles. The second-order valence-corrected chi connectivity index (χ2v) is 7.92. The lowest BCUT2D eigenvalue weighted by molar-refractivity contribution is 0.0526. The summed E-state index contributed by atoms with van der Waals surface area (Å²) in [5, 5.41) is 0. The van der Waals surface area contributed by atoms with Crippen LogP contribution in [0, 0.1) is 5.41 Å². The molecule has 0 saturated carbocycles. The van der Waals surface area contributed by atoms with Crippen molar-refractivity contribution in [3.63, 3.8) is 0 Å². The molecule has 132 valence electrons. The zero-order valence-corrected chi connectivity index (χ0v) is 15.5. The highest BCUT2D eigenvalue weighted by Gasteiger charge is 2.27. The van der Waals surface area contributed by atoms with E-state index in [-0.39, 0.29) is 29.3 Å². The van der Waals surface area contributed by atoms with Crippen LogP contribution in [0.15, 0.2) is 29.2 Å². The van der Waals surface area contributed by atoms with E-state index in [9.17, 15) is 13.2 Å². The Balaban J connectivity index is 0.00000484. The molecule has 8 heteroatoms. The zero-order valence-electron chi connectivity index (χ0n) is 13.9. The van der Waals surface area contributed by atoms with Gasteiger partial charge < -0.3 is 10.5 Å². The summed E-state index contributed by atoms with van der Waals surface area (Å²) < 4.78 is 31.1. The largest absolute Gasteiger partial charge is 0.462 e. The number of nitrogens with two attached hydrogens (primary N) is 1. The molecule has 0 aliphatic rings. The van der Waals surface area contributed by atoms with Gasteiger partial charge in [0.1, 0.15) is 0 Å². The van der Waals surface area contributed by atoms with E-state index in [4.69, 9.17) is 10.5 Å². The third-order valence-corrected chi connectivity index (χ3v) is 5.09. The first-order valence-corrected chi connectivity index (χ1v) is 8.51. The first kappa shape index (κ1) is 21.9. The Morgan fingerprint density at radius 3 is 2.22 bits per heavy atom. The fourth-order valence-electron chi connectivity index (χ4n) is 1.91. The molecule has 0 spiro atoms. The molecule has 23 heavy (non-hydrogen) atoms. The Hall–Kier alpha value is -1.15. The molecule has 0 atom stereocenters. The van der Waals surface area contributed by atoms with E-state index in [0.717, 1.165) is 0 Å². The Labute approximate surface area is 144 Å². The van der Waals surface area contributed by atoms with Crippen LogP contribution in [0.2, 0.25) is 0 Å². The molecule has 6 nitrogen and oxygen atoms in total. The van der Waals surface area contributed by atoms with Gasteiger partial charge in [0.05, 0.1) is 17.1 Å². The van der Waals surface area contributed by atoms with Gasteiger partial charge in [-0.25, -0.2) is 17.5 Å². The SMILES string of the molecule is CCOC(=O)c1ccc(S(=O)(=O)N(C)CC(C)(C)CN)cc1.Cl. The highest BCUT2D eigenvalue weighted by Crippen LogP contribution is 2.21. The number of halogens is 1. The normalized spacial score (nSPS) is 11.9. The van der Waals surface area contributed by atoms with Crippen molar-refractivity contribution in [2.24, 2.45) is 11.1 Å². The predicted octanol–water partition coefficient (Wildman–Crippen LogP) is 1.89. The van der Waals surface area contributed by atoms with Crippen LogP contribution in [-0.2, 0) is 14.8 Å². The molecule has 0 heterocycles. The van der Waals surface area contributed by atoms with Crippen molar-refractivity contribution in [2.45, 2.75) is 25.7 Å². The van der Waals surface area contributed by atoms with Crippen molar-refractivity contribution in [2.75, 3.05) is 26.7 Å². The molecule has 0 aliphatic carbocycles. The third kappa shape index (κ3) is 5.76. The average molecular weight is 365 g/mol. The number of esters is 1. The van der Waals surface area contributed by atoms with Gasteiger partial charge in [-0.2, -0.15) is 0 Å². The topological polar surface area (TPSA) is 89.7 Å². The van der Waals surface area contributed by atoms with Crippen molar-refractivity contribution in [1.82, 2.24) is 4.31 Å². The maximum absolute atomic E-state index is 12.5. The smallest absolute Gasteiger partial charge is 0.338 e. The average Bonchev–Trinajstić information content (AvgIpc) is 2.47. The number of nitrogens with zero attached hydrogens (tertiary/aromatic N) is 1. The Bertz CT molecular complexity index is 615. The van der Waals surface area contributed by atoms with Gasteiger partial charge >= 0.3 is 5.97 Å². The van der Waals surface area contributed by atoms with Crippen molar-refractivity contribution in [1.29, 1.82) is 0 Å². The molecule has 1 aromatic rings. The quantitative estimate of drug-likeness (QED) is 0.746. The van der Waals surface area contributed by atoms with Crippen molar-refractivity contribution >= 4 is 28.4 Å². The van der Waals surface area contributed by atoms with Crippen LogP contribution in [0.1, 0.15) is 31.1 Å². The number of hydrogen-bond acceptors (Lipinski definition) is 5. The van der Waals surface area contributed by atoms with Crippen LogP contribution >= 0.6 is 12.4 Å². The summed E-state index contributed by atoms with van der Waals surface area (Å²) >= 11 is 0. The zero-order chi connectivity index (χ0) is 17.0. The summed E-state index contributed by atoms with van der Waals surface area (Å²) in [4.78, 5) is 11.7. The molecule has 1 aromatic carbocycles. The first-order valence-electron chi connectivity index (χ1n) is 7.07. The van der Waals surface area contributed by atoms with Gasteiger partial charge in [0.15, 0.2) is 0 Å². The molecular formula is C15H25ClN2O4S. The summed E-state index contributed by atoms with van der Waals surface area (Å²) in [6, 6.07) is 5.72. The molecular weight excluding hydrogens is 340 g/mol. The summed E-state index contributed by atoms with van der Waals surface area (Å²) in [5.74, 6) is -0.468. The van der Waals surface area contributed by atoms with Crippen LogP contribution in [-0.4, -0.2) is 45.4 Å². The maximum atomic E-state index is 12.5. The van der Waals surface area contributed by atoms with E-state index in [1.807, 2.05) is 13.8 Å². The lowest BCUT2D eigenvalue weighted by atomic mass is 9.94. The van der Waals surface area contributed by atoms with E-state index in [1.54, 1.807) is 6.92 Å². The van der Waals surface area contributed by atoms with Crippen LogP contribution < -0.4 is 5.73 Å². The van der Waals surface area contributed by atoms with Crippen LogP contribution in [0.3, 0.4) is 0 Å². The highest BCUT2D eigenvalue weighted by molar-refractivity contribution is 7.89. The lowest BCUT2D eigenvalue weighted by Crippen LogP contribution is -2.39. The summed E-state index contributed by atoms with van der Waals surface area (Å²) in [5.41, 5.74) is 5.66. The lowest BCUT2D eigenvalue weighted by Gasteiger charge is -2.28. The Morgan fingerprint density at radius 2 is 1.78 bits per heavy atom. The van der Waals surface area contributed by atoms with Crippen LogP contribution in [0.25, 0.3) is 0 Å². The third-order valence-electron chi connectivity index (χ3n) is 3.28. The number of benzene rings is 1. The minimum Gasteiger partial charge on any atom is -0.462 e. The fourth-order valence-corrected chi connectivity index (χ4v) is 3.27. The standard InChI is InChI=1S/C15H24N2O4S.ClH/c1-5-21-14(18)12-6-8-13(9-7-12)22(19,20)17(4)11-15(2,3)10-16;/h6-9H,5,10-11,16H2,1-4H3;1H. The number of hydrogen-bond donors (Lipinski definition) is 1. The van der Waals surface area contributed by atoms with E-state index in [0.29, 0.717) is 18.7 Å². The molecule has 0 unspecified atom stereocenters. The molecule has 0 amide bonds. The predicted molar refractivity (Wildman–Crippen MR) is 92.3 cm³/mol. The first-order chi connectivity index (χ1) is 10.1. The maximum Gasteiger partial charge on any atom is 0.338 e. The minimum absolute atomic E-state index is 0. The van der Waals surface area contributed by atoms with Gasteiger partial charge in [-0.15, -0.1) is 12.4 Å². The van der Waals surface area contributed by atoms with E-state index < -0.39 is 16.0 Å². The van der Waals surface area contributed by atoms with Gasteiger partial charge in [-0.05, 0) is 43.1 Å². The number of ether oxygens (including phenoxy) is 1. The summed E-state index contributed by atoms with van der Waals surface area (Å²) in [6.45, 7) is 6.49. The van der Waals surface area contributed by atoms with Gasteiger partial charge in [0, 0.05) is 13.6 Å². The second-order valence-electron chi connectivity index (χ2n) is 5.87. The van der Waals surface area contributed by atoms with E-state index in [1.165, 1.54) is 35.6 Å². The Kier molecular flexibility index (Phi) is 8.20. The molecule has 2 N–H and O–H groups in total. The number of sulfonamides is 1. The molecule has 0 bridgehead atoms. The van der Waals surface area contributed by atoms with Gasteiger partial charge in [-0.1, -0.05) is 13.8 Å². The van der Waals surface area contributed by atoms with Gasteiger partial charge in [0.2, 0.25) is 10.0 Å². The molecule has 0 aliphatic heterocycles. The van der Waals surface area contributed by atoms with Gasteiger partial charge in [-0.3, -0.25) is 0 Å². The molecule has 0 aromatic heterocycles. The fraction of sp³-hybridized carbons (Fsp3) is 0.533.